The number of amides is 2. The van der Waals surface area contributed by atoms with Crippen molar-refractivity contribution >= 4 is 34.3 Å². The van der Waals surface area contributed by atoms with Crippen LogP contribution in [0.15, 0.2) is 11.6 Å². The third-order valence-electron chi connectivity index (χ3n) is 4.04. The molecule has 21 heavy (non-hydrogen) atoms. The highest BCUT2D eigenvalue weighted by molar-refractivity contribution is 7.99. The standard InChI is InChI=1S/C14H22N4OS2/c19-13(16-10-12-2-8-20-11-12)17-4-1-5-18(7-6-17)14-15-3-9-21-14/h3,9,12H,1-2,4-8,10-11H2,(H,16,19)/t12-/m0/s1. The van der Waals surface area contributed by atoms with E-state index in [1.54, 1.807) is 11.3 Å². The average molecular weight is 326 g/mol. The zero-order valence-corrected chi connectivity index (χ0v) is 13.8. The number of aromatic nitrogens is 1. The second-order valence-corrected chi connectivity index (χ2v) is 7.58. The van der Waals surface area contributed by atoms with E-state index >= 15 is 0 Å². The van der Waals surface area contributed by atoms with E-state index in [0.29, 0.717) is 5.92 Å². The maximum atomic E-state index is 12.3. The van der Waals surface area contributed by atoms with E-state index in [4.69, 9.17) is 0 Å². The number of nitrogens with one attached hydrogen (secondary N) is 1. The predicted molar refractivity (Wildman–Crippen MR) is 89.3 cm³/mol. The van der Waals surface area contributed by atoms with Gasteiger partial charge in [0, 0.05) is 44.3 Å². The lowest BCUT2D eigenvalue weighted by Crippen LogP contribution is -2.43. The molecular formula is C14H22N4OS2. The Labute approximate surface area is 134 Å². The molecule has 1 aromatic heterocycles. The summed E-state index contributed by atoms with van der Waals surface area (Å²) in [6.07, 6.45) is 4.09. The van der Waals surface area contributed by atoms with Crippen molar-refractivity contribution in [2.45, 2.75) is 12.8 Å². The molecule has 0 radical (unpaired) electrons. The molecule has 0 saturated carbocycles. The SMILES string of the molecule is O=C(NC[C@@H]1CCSC1)N1CCCN(c2nccs2)CC1. The lowest BCUT2D eigenvalue weighted by Gasteiger charge is -2.22. The summed E-state index contributed by atoms with van der Waals surface area (Å²) in [6.45, 7) is 4.31. The fourth-order valence-corrected chi connectivity index (χ4v) is 4.75. The fourth-order valence-electron chi connectivity index (χ4n) is 2.77. The molecule has 0 unspecified atom stereocenters. The highest BCUT2D eigenvalue weighted by Gasteiger charge is 2.22. The number of rotatable bonds is 3. The van der Waals surface area contributed by atoms with Crippen molar-refractivity contribution < 1.29 is 4.79 Å². The van der Waals surface area contributed by atoms with Gasteiger partial charge in [0.05, 0.1) is 0 Å². The number of hydrogen-bond donors (Lipinski definition) is 1. The Kier molecular flexibility index (Phi) is 5.24. The normalized spacial score (nSPS) is 23.1. The molecule has 0 aliphatic carbocycles. The quantitative estimate of drug-likeness (QED) is 0.924. The van der Waals surface area contributed by atoms with Crippen LogP contribution >= 0.6 is 23.1 Å². The Morgan fingerprint density at radius 2 is 2.33 bits per heavy atom. The van der Waals surface area contributed by atoms with Crippen molar-refractivity contribution in [1.29, 1.82) is 0 Å². The molecule has 3 heterocycles. The summed E-state index contributed by atoms with van der Waals surface area (Å²) in [4.78, 5) is 20.9. The van der Waals surface area contributed by atoms with E-state index in [1.807, 2.05) is 28.2 Å². The molecule has 0 spiro atoms. The van der Waals surface area contributed by atoms with E-state index in [-0.39, 0.29) is 6.03 Å². The summed E-state index contributed by atoms with van der Waals surface area (Å²) >= 11 is 3.66. The minimum Gasteiger partial charge on any atom is -0.346 e. The predicted octanol–water partition coefficient (Wildman–Crippen LogP) is 2.12. The lowest BCUT2D eigenvalue weighted by molar-refractivity contribution is 0.200. The maximum absolute atomic E-state index is 12.3. The van der Waals surface area contributed by atoms with Gasteiger partial charge in [0.25, 0.3) is 0 Å². The van der Waals surface area contributed by atoms with Crippen LogP contribution in [0.25, 0.3) is 0 Å². The summed E-state index contributed by atoms with van der Waals surface area (Å²) in [6, 6.07) is 0.105. The molecule has 116 valence electrons. The molecule has 2 saturated heterocycles. The van der Waals surface area contributed by atoms with Crippen molar-refractivity contribution in [2.24, 2.45) is 5.92 Å². The molecule has 0 aromatic carbocycles. The highest BCUT2D eigenvalue weighted by atomic mass is 32.2. The number of urea groups is 1. The summed E-state index contributed by atoms with van der Waals surface area (Å²) in [5, 5.41) is 6.19. The van der Waals surface area contributed by atoms with Gasteiger partial charge in [-0.2, -0.15) is 11.8 Å². The van der Waals surface area contributed by atoms with Crippen LogP contribution in [-0.2, 0) is 0 Å². The summed E-state index contributed by atoms with van der Waals surface area (Å²) in [5.74, 6) is 3.10. The first-order chi connectivity index (χ1) is 10.3. The van der Waals surface area contributed by atoms with Crippen LogP contribution in [0.5, 0.6) is 0 Å². The number of hydrogen-bond acceptors (Lipinski definition) is 5. The number of anilines is 1. The summed E-state index contributed by atoms with van der Waals surface area (Å²) in [7, 11) is 0. The smallest absolute Gasteiger partial charge is 0.317 e. The highest BCUT2D eigenvalue weighted by Crippen LogP contribution is 2.22. The summed E-state index contributed by atoms with van der Waals surface area (Å²) in [5.41, 5.74) is 0. The van der Waals surface area contributed by atoms with Crippen LogP contribution in [0.1, 0.15) is 12.8 Å². The van der Waals surface area contributed by atoms with Gasteiger partial charge in [-0.25, -0.2) is 9.78 Å². The van der Waals surface area contributed by atoms with Gasteiger partial charge in [-0.15, -0.1) is 11.3 Å². The zero-order chi connectivity index (χ0) is 14.5. The average Bonchev–Trinajstić information content (AvgIpc) is 3.15. The van der Waals surface area contributed by atoms with Crippen LogP contribution in [0, 0.1) is 5.92 Å². The van der Waals surface area contributed by atoms with Crippen molar-refractivity contribution in [2.75, 3.05) is 49.1 Å². The fraction of sp³-hybridized carbons (Fsp3) is 0.714. The Hall–Kier alpha value is -0.950. The molecule has 2 aliphatic rings. The number of thioether (sulfide) groups is 1. The van der Waals surface area contributed by atoms with Crippen molar-refractivity contribution in [3.8, 4) is 0 Å². The molecule has 1 N–H and O–H groups in total. The summed E-state index contributed by atoms with van der Waals surface area (Å²) < 4.78 is 0. The number of nitrogens with zero attached hydrogens (tertiary/aromatic N) is 3. The Bertz CT molecular complexity index is 448. The number of carbonyl (C=O) groups is 1. The Morgan fingerprint density at radius 1 is 1.38 bits per heavy atom. The van der Waals surface area contributed by atoms with Gasteiger partial charge in [-0.05, 0) is 30.3 Å². The van der Waals surface area contributed by atoms with Crippen LogP contribution < -0.4 is 10.2 Å². The van der Waals surface area contributed by atoms with Crippen LogP contribution in [0.2, 0.25) is 0 Å². The maximum Gasteiger partial charge on any atom is 0.317 e. The van der Waals surface area contributed by atoms with E-state index in [1.165, 1.54) is 17.9 Å². The molecular weight excluding hydrogens is 304 g/mol. The van der Waals surface area contributed by atoms with Gasteiger partial charge in [-0.1, -0.05) is 0 Å². The van der Waals surface area contributed by atoms with Gasteiger partial charge in [0.1, 0.15) is 0 Å². The van der Waals surface area contributed by atoms with E-state index in [2.05, 4.69) is 15.2 Å². The van der Waals surface area contributed by atoms with Crippen LogP contribution in [0.4, 0.5) is 9.93 Å². The monoisotopic (exact) mass is 326 g/mol. The number of carbonyl (C=O) groups excluding carboxylic acids is 1. The third-order valence-corrected chi connectivity index (χ3v) is 6.10. The molecule has 3 rings (SSSR count). The molecule has 0 bridgehead atoms. The first-order valence-electron chi connectivity index (χ1n) is 7.58. The molecule has 5 nitrogen and oxygen atoms in total. The zero-order valence-electron chi connectivity index (χ0n) is 12.2. The third kappa shape index (κ3) is 4.03. The van der Waals surface area contributed by atoms with Crippen molar-refractivity contribution in [1.82, 2.24) is 15.2 Å². The molecule has 7 heteroatoms. The second-order valence-electron chi connectivity index (χ2n) is 5.56. The lowest BCUT2D eigenvalue weighted by atomic mass is 10.1. The molecule has 1 aromatic rings. The van der Waals surface area contributed by atoms with Gasteiger partial charge in [0.2, 0.25) is 0 Å². The first kappa shape index (κ1) is 15.0. The van der Waals surface area contributed by atoms with Gasteiger partial charge in [-0.3, -0.25) is 0 Å². The largest absolute Gasteiger partial charge is 0.346 e. The number of thiazole rings is 1. The van der Waals surface area contributed by atoms with E-state index in [0.717, 1.165) is 44.3 Å². The topological polar surface area (TPSA) is 48.5 Å². The molecule has 2 fully saturated rings. The Morgan fingerprint density at radius 3 is 3.10 bits per heavy atom. The minimum atomic E-state index is 0.105. The first-order valence-corrected chi connectivity index (χ1v) is 9.61. The molecule has 2 aliphatic heterocycles. The van der Waals surface area contributed by atoms with Crippen LogP contribution in [0.3, 0.4) is 0 Å². The molecule has 1 atom stereocenters. The minimum absolute atomic E-state index is 0.105. The second kappa shape index (κ2) is 7.35. The molecule has 2 amide bonds. The van der Waals surface area contributed by atoms with Crippen molar-refractivity contribution in [3.63, 3.8) is 0 Å². The van der Waals surface area contributed by atoms with E-state index < -0.39 is 0 Å². The van der Waals surface area contributed by atoms with Gasteiger partial charge < -0.3 is 15.1 Å². The van der Waals surface area contributed by atoms with Crippen molar-refractivity contribution in [3.05, 3.63) is 11.6 Å². The van der Waals surface area contributed by atoms with Gasteiger partial charge >= 0.3 is 6.03 Å². The Balaban J connectivity index is 1.46. The van der Waals surface area contributed by atoms with Crippen LogP contribution in [-0.4, -0.2) is 60.1 Å². The van der Waals surface area contributed by atoms with E-state index in [9.17, 15) is 4.79 Å². The van der Waals surface area contributed by atoms with Gasteiger partial charge in [0.15, 0.2) is 5.13 Å².